The molecule has 0 radical (unpaired) electrons. The van der Waals surface area contributed by atoms with Crippen molar-refractivity contribution < 1.29 is 14.7 Å². The molecule has 2 N–H and O–H groups in total. The highest BCUT2D eigenvalue weighted by molar-refractivity contribution is 5.95. The Morgan fingerprint density at radius 3 is 2.53 bits per heavy atom. The standard InChI is InChI=1S/C15H21NO3/c1-4-12(8-14(17)18)9-16-15(19)13-6-5-10(2)7-11(13)3/h5-7,12H,4,8-9H2,1-3H3,(H,16,19)(H,17,18). The second kappa shape index (κ2) is 6.92. The molecule has 0 aliphatic heterocycles. The largest absolute Gasteiger partial charge is 0.481 e. The molecule has 0 saturated heterocycles. The number of aliphatic carboxylic acids is 1. The lowest BCUT2D eigenvalue weighted by Crippen LogP contribution is -2.30. The summed E-state index contributed by atoms with van der Waals surface area (Å²) < 4.78 is 0. The van der Waals surface area contributed by atoms with Gasteiger partial charge in [-0.2, -0.15) is 0 Å². The lowest BCUT2D eigenvalue weighted by molar-refractivity contribution is -0.138. The maximum atomic E-state index is 12.0. The van der Waals surface area contributed by atoms with Crippen molar-refractivity contribution in [1.29, 1.82) is 0 Å². The summed E-state index contributed by atoms with van der Waals surface area (Å²) in [4.78, 5) is 22.7. The van der Waals surface area contributed by atoms with Crippen LogP contribution in [0.4, 0.5) is 0 Å². The zero-order chi connectivity index (χ0) is 14.4. The van der Waals surface area contributed by atoms with Gasteiger partial charge in [-0.3, -0.25) is 9.59 Å². The summed E-state index contributed by atoms with van der Waals surface area (Å²) in [6.45, 7) is 6.21. The highest BCUT2D eigenvalue weighted by atomic mass is 16.4. The maximum absolute atomic E-state index is 12.0. The molecule has 1 aromatic carbocycles. The number of carboxylic acid groups (broad SMARTS) is 1. The molecule has 104 valence electrons. The summed E-state index contributed by atoms with van der Waals surface area (Å²) in [5.74, 6) is -0.985. The molecule has 1 atom stereocenters. The second-order valence-corrected chi connectivity index (χ2v) is 4.90. The minimum Gasteiger partial charge on any atom is -0.481 e. The van der Waals surface area contributed by atoms with Crippen molar-refractivity contribution in [3.63, 3.8) is 0 Å². The Bertz CT molecular complexity index is 468. The van der Waals surface area contributed by atoms with Crippen LogP contribution in [-0.4, -0.2) is 23.5 Å². The predicted molar refractivity (Wildman–Crippen MR) is 74.3 cm³/mol. The number of hydrogen-bond donors (Lipinski definition) is 2. The van der Waals surface area contributed by atoms with Crippen LogP contribution in [0.1, 0.15) is 41.3 Å². The summed E-state index contributed by atoms with van der Waals surface area (Å²) >= 11 is 0. The number of rotatable bonds is 6. The second-order valence-electron chi connectivity index (χ2n) is 4.90. The van der Waals surface area contributed by atoms with Crippen LogP contribution in [0.2, 0.25) is 0 Å². The monoisotopic (exact) mass is 263 g/mol. The van der Waals surface area contributed by atoms with Crippen molar-refractivity contribution in [3.05, 3.63) is 34.9 Å². The molecule has 0 heterocycles. The maximum Gasteiger partial charge on any atom is 0.303 e. The number of carbonyl (C=O) groups is 2. The predicted octanol–water partition coefficient (Wildman–Crippen LogP) is 2.53. The van der Waals surface area contributed by atoms with Gasteiger partial charge in [0.05, 0.1) is 0 Å². The fraction of sp³-hybridized carbons (Fsp3) is 0.467. The van der Waals surface area contributed by atoms with Gasteiger partial charge in [-0.1, -0.05) is 31.0 Å². The molecule has 4 nitrogen and oxygen atoms in total. The topological polar surface area (TPSA) is 66.4 Å². The molecule has 0 bridgehead atoms. The Labute approximate surface area is 113 Å². The molecule has 1 amide bonds. The van der Waals surface area contributed by atoms with Crippen LogP contribution in [0, 0.1) is 19.8 Å². The van der Waals surface area contributed by atoms with Crippen molar-refractivity contribution in [2.75, 3.05) is 6.54 Å². The average molecular weight is 263 g/mol. The first-order chi connectivity index (χ1) is 8.93. The summed E-state index contributed by atoms with van der Waals surface area (Å²) in [6, 6.07) is 5.66. The molecule has 1 unspecified atom stereocenters. The van der Waals surface area contributed by atoms with Gasteiger partial charge in [0.1, 0.15) is 0 Å². The Kier molecular flexibility index (Phi) is 5.55. The molecule has 4 heteroatoms. The number of carboxylic acids is 1. The van der Waals surface area contributed by atoms with Crippen LogP contribution in [0.15, 0.2) is 18.2 Å². The van der Waals surface area contributed by atoms with E-state index in [0.29, 0.717) is 12.1 Å². The smallest absolute Gasteiger partial charge is 0.303 e. The molecule has 0 spiro atoms. The Morgan fingerprint density at radius 1 is 1.32 bits per heavy atom. The molecule has 0 aliphatic carbocycles. The molecule has 0 fully saturated rings. The fourth-order valence-electron chi connectivity index (χ4n) is 2.01. The summed E-state index contributed by atoms with van der Waals surface area (Å²) in [7, 11) is 0. The molecular formula is C15H21NO3. The van der Waals surface area contributed by atoms with Gasteiger partial charge in [0.25, 0.3) is 5.91 Å². The highest BCUT2D eigenvalue weighted by Gasteiger charge is 2.14. The number of nitrogens with one attached hydrogen (secondary N) is 1. The van der Waals surface area contributed by atoms with E-state index in [1.165, 1.54) is 0 Å². The van der Waals surface area contributed by atoms with Crippen molar-refractivity contribution in [3.8, 4) is 0 Å². The number of carbonyl (C=O) groups excluding carboxylic acids is 1. The lowest BCUT2D eigenvalue weighted by Gasteiger charge is -2.14. The number of hydrogen-bond acceptors (Lipinski definition) is 2. The van der Waals surface area contributed by atoms with Gasteiger partial charge in [-0.25, -0.2) is 0 Å². The molecular weight excluding hydrogens is 242 g/mol. The van der Waals surface area contributed by atoms with E-state index in [9.17, 15) is 9.59 Å². The third-order valence-corrected chi connectivity index (χ3v) is 3.22. The third kappa shape index (κ3) is 4.73. The summed E-state index contributed by atoms with van der Waals surface area (Å²) in [5, 5.41) is 11.6. The lowest BCUT2D eigenvalue weighted by atomic mass is 10.0. The van der Waals surface area contributed by atoms with Crippen LogP contribution in [0.5, 0.6) is 0 Å². The summed E-state index contributed by atoms with van der Waals surface area (Å²) in [6.07, 6.45) is 0.823. The number of benzene rings is 1. The van der Waals surface area contributed by atoms with Gasteiger partial charge in [-0.15, -0.1) is 0 Å². The molecule has 1 rings (SSSR count). The minimum atomic E-state index is -0.826. The van der Waals surface area contributed by atoms with E-state index in [1.807, 2.05) is 32.9 Å². The van der Waals surface area contributed by atoms with Crippen LogP contribution in [0.25, 0.3) is 0 Å². The van der Waals surface area contributed by atoms with Gasteiger partial charge in [0, 0.05) is 18.5 Å². The number of aryl methyl sites for hydroxylation is 2. The summed E-state index contributed by atoms with van der Waals surface area (Å²) in [5.41, 5.74) is 2.70. The van der Waals surface area contributed by atoms with E-state index in [0.717, 1.165) is 17.5 Å². The Balaban J connectivity index is 2.61. The molecule has 19 heavy (non-hydrogen) atoms. The van der Waals surface area contributed by atoms with Crippen LogP contribution >= 0.6 is 0 Å². The van der Waals surface area contributed by atoms with Gasteiger partial charge in [0.15, 0.2) is 0 Å². The average Bonchev–Trinajstić information content (AvgIpc) is 2.33. The molecule has 0 aliphatic rings. The third-order valence-electron chi connectivity index (χ3n) is 3.22. The van der Waals surface area contributed by atoms with Crippen molar-refractivity contribution in [2.45, 2.75) is 33.6 Å². The van der Waals surface area contributed by atoms with Crippen LogP contribution in [-0.2, 0) is 4.79 Å². The van der Waals surface area contributed by atoms with E-state index in [-0.39, 0.29) is 18.2 Å². The van der Waals surface area contributed by atoms with E-state index in [2.05, 4.69) is 5.32 Å². The molecule has 1 aromatic rings. The molecule has 0 aromatic heterocycles. The number of amides is 1. The van der Waals surface area contributed by atoms with Crippen molar-refractivity contribution in [1.82, 2.24) is 5.32 Å². The van der Waals surface area contributed by atoms with Gasteiger partial charge in [0.2, 0.25) is 0 Å². The quantitative estimate of drug-likeness (QED) is 0.828. The first kappa shape index (κ1) is 15.2. The normalized spacial score (nSPS) is 11.9. The van der Waals surface area contributed by atoms with Crippen LogP contribution in [0.3, 0.4) is 0 Å². The minimum absolute atomic E-state index is 0.0211. The van der Waals surface area contributed by atoms with E-state index in [1.54, 1.807) is 6.07 Å². The van der Waals surface area contributed by atoms with E-state index >= 15 is 0 Å². The fourth-order valence-corrected chi connectivity index (χ4v) is 2.01. The molecule has 0 saturated carbocycles. The van der Waals surface area contributed by atoms with E-state index < -0.39 is 5.97 Å². The first-order valence-electron chi connectivity index (χ1n) is 6.51. The zero-order valence-corrected chi connectivity index (χ0v) is 11.7. The van der Waals surface area contributed by atoms with Gasteiger partial charge >= 0.3 is 5.97 Å². The van der Waals surface area contributed by atoms with Crippen molar-refractivity contribution >= 4 is 11.9 Å². The van der Waals surface area contributed by atoms with Gasteiger partial charge in [-0.05, 0) is 31.4 Å². The Hall–Kier alpha value is -1.84. The van der Waals surface area contributed by atoms with Gasteiger partial charge < -0.3 is 10.4 Å². The van der Waals surface area contributed by atoms with E-state index in [4.69, 9.17) is 5.11 Å². The van der Waals surface area contributed by atoms with Crippen molar-refractivity contribution in [2.24, 2.45) is 5.92 Å². The Morgan fingerprint density at radius 2 is 2.00 bits per heavy atom. The highest BCUT2D eigenvalue weighted by Crippen LogP contribution is 2.11. The SMILES string of the molecule is CCC(CNC(=O)c1ccc(C)cc1C)CC(=O)O. The zero-order valence-electron chi connectivity index (χ0n) is 11.7. The van der Waals surface area contributed by atoms with Crippen LogP contribution < -0.4 is 5.32 Å². The first-order valence-corrected chi connectivity index (χ1v) is 6.51.